The second-order valence-corrected chi connectivity index (χ2v) is 9.04. The van der Waals surface area contributed by atoms with Crippen LogP contribution in [0.15, 0.2) is 42.6 Å². The van der Waals surface area contributed by atoms with Crippen molar-refractivity contribution in [2.75, 3.05) is 0 Å². The number of aromatic amines is 1. The Kier molecular flexibility index (Phi) is 5.99. The Morgan fingerprint density at radius 3 is 2.54 bits per heavy atom. The molecule has 0 fully saturated rings. The standard InChI is InChI=1S/C25H18ClF6N3/c26-17-10-16-15-7-5-12(24-33-9-8-21(35-24)25(30,31)32)4-6-14(13-2-1-3-18(27)22(13)29)23(15)34-20(16)11-19(17)28/h1-3,8-12,14,34H,4-7H2. The molecule has 5 rings (SSSR count). The summed E-state index contributed by atoms with van der Waals surface area (Å²) in [7, 11) is 0. The van der Waals surface area contributed by atoms with Crippen molar-refractivity contribution in [3.05, 3.63) is 93.4 Å². The summed E-state index contributed by atoms with van der Waals surface area (Å²) in [5.41, 5.74) is 0.858. The lowest BCUT2D eigenvalue weighted by Crippen LogP contribution is -2.17. The van der Waals surface area contributed by atoms with E-state index in [1.54, 1.807) is 0 Å². The van der Waals surface area contributed by atoms with Crippen LogP contribution in [0.3, 0.4) is 0 Å². The Morgan fingerprint density at radius 2 is 1.77 bits per heavy atom. The average Bonchev–Trinajstić information content (AvgIpc) is 3.13. The maximum atomic E-state index is 14.9. The molecule has 182 valence electrons. The van der Waals surface area contributed by atoms with Gasteiger partial charge in [-0.1, -0.05) is 23.7 Å². The van der Waals surface area contributed by atoms with E-state index in [9.17, 15) is 26.3 Å². The molecule has 0 aliphatic heterocycles. The molecule has 10 heteroatoms. The van der Waals surface area contributed by atoms with Crippen LogP contribution < -0.4 is 0 Å². The van der Waals surface area contributed by atoms with Gasteiger partial charge in [0.2, 0.25) is 0 Å². The van der Waals surface area contributed by atoms with Crippen molar-refractivity contribution >= 4 is 22.5 Å². The summed E-state index contributed by atoms with van der Waals surface area (Å²) in [6.45, 7) is 0. The van der Waals surface area contributed by atoms with Gasteiger partial charge in [0.05, 0.1) is 5.02 Å². The number of aromatic nitrogens is 3. The van der Waals surface area contributed by atoms with Gasteiger partial charge in [0, 0.05) is 34.6 Å². The van der Waals surface area contributed by atoms with Crippen LogP contribution in [0, 0.1) is 17.5 Å². The van der Waals surface area contributed by atoms with Gasteiger partial charge in [-0.05, 0) is 61.1 Å². The van der Waals surface area contributed by atoms with Crippen molar-refractivity contribution in [1.29, 1.82) is 0 Å². The number of fused-ring (bicyclic) bond motifs is 3. The highest BCUT2D eigenvalue weighted by atomic mass is 35.5. The first-order valence-electron chi connectivity index (χ1n) is 11.0. The van der Waals surface area contributed by atoms with Gasteiger partial charge in [0.25, 0.3) is 0 Å². The van der Waals surface area contributed by atoms with Gasteiger partial charge in [-0.2, -0.15) is 13.2 Å². The number of hydrogen-bond acceptors (Lipinski definition) is 2. The fourth-order valence-corrected chi connectivity index (χ4v) is 5.06. The van der Waals surface area contributed by atoms with Crippen molar-refractivity contribution in [2.24, 2.45) is 0 Å². The number of alkyl halides is 3. The topological polar surface area (TPSA) is 41.6 Å². The van der Waals surface area contributed by atoms with Crippen LogP contribution in [0.4, 0.5) is 26.3 Å². The van der Waals surface area contributed by atoms with Gasteiger partial charge in [0.1, 0.15) is 17.3 Å². The molecule has 1 aliphatic rings. The van der Waals surface area contributed by atoms with Gasteiger partial charge in [0.15, 0.2) is 11.6 Å². The van der Waals surface area contributed by atoms with Crippen molar-refractivity contribution in [1.82, 2.24) is 15.0 Å². The van der Waals surface area contributed by atoms with E-state index in [4.69, 9.17) is 11.6 Å². The van der Waals surface area contributed by atoms with E-state index in [1.807, 2.05) is 0 Å². The summed E-state index contributed by atoms with van der Waals surface area (Å²) < 4.78 is 82.9. The van der Waals surface area contributed by atoms with Crippen LogP contribution in [0.1, 0.15) is 59.4 Å². The molecule has 0 spiro atoms. The quantitative estimate of drug-likeness (QED) is 0.281. The van der Waals surface area contributed by atoms with Gasteiger partial charge >= 0.3 is 6.18 Å². The highest BCUT2D eigenvalue weighted by molar-refractivity contribution is 6.31. The molecule has 2 atom stereocenters. The van der Waals surface area contributed by atoms with Crippen molar-refractivity contribution in [3.63, 3.8) is 0 Å². The molecule has 0 radical (unpaired) electrons. The molecule has 2 aromatic carbocycles. The predicted molar refractivity (Wildman–Crippen MR) is 119 cm³/mol. The number of nitrogens with zero attached hydrogens (tertiary/aromatic N) is 2. The van der Waals surface area contributed by atoms with Gasteiger partial charge < -0.3 is 4.98 Å². The molecule has 0 amide bonds. The number of rotatable bonds is 2. The van der Waals surface area contributed by atoms with E-state index < -0.39 is 41.2 Å². The molecule has 1 N–H and O–H groups in total. The summed E-state index contributed by atoms with van der Waals surface area (Å²) in [5.74, 6) is -3.69. The largest absolute Gasteiger partial charge is 0.433 e. The summed E-state index contributed by atoms with van der Waals surface area (Å²) in [6, 6.07) is 7.42. The SMILES string of the molecule is Fc1cc2[nH]c3c(c2cc1Cl)CCC(c1nccc(C(F)(F)F)n1)CCC3c1cccc(F)c1F. The number of aryl methyl sites for hydroxylation is 1. The van der Waals surface area contributed by atoms with E-state index in [-0.39, 0.29) is 22.8 Å². The number of hydrogen-bond donors (Lipinski definition) is 1. The molecule has 2 unspecified atom stereocenters. The lowest BCUT2D eigenvalue weighted by Gasteiger charge is -2.26. The van der Waals surface area contributed by atoms with E-state index in [0.29, 0.717) is 35.9 Å². The number of benzene rings is 2. The maximum Gasteiger partial charge on any atom is 0.433 e. The first-order valence-corrected chi connectivity index (χ1v) is 11.3. The third-order valence-corrected chi connectivity index (χ3v) is 6.85. The summed E-state index contributed by atoms with van der Waals surface area (Å²) >= 11 is 6.02. The van der Waals surface area contributed by atoms with E-state index in [0.717, 1.165) is 23.9 Å². The predicted octanol–water partition coefficient (Wildman–Crippen LogP) is 7.69. The zero-order chi connectivity index (χ0) is 24.9. The highest BCUT2D eigenvalue weighted by Gasteiger charge is 2.34. The van der Waals surface area contributed by atoms with Gasteiger partial charge in [-0.3, -0.25) is 0 Å². The summed E-state index contributed by atoms with van der Waals surface area (Å²) in [5, 5.41) is 0.534. The molecule has 35 heavy (non-hydrogen) atoms. The smallest absolute Gasteiger partial charge is 0.358 e. The fraction of sp³-hybridized carbons (Fsp3) is 0.280. The molecular formula is C25H18ClF6N3. The van der Waals surface area contributed by atoms with Crippen LogP contribution in [0.2, 0.25) is 5.02 Å². The molecular weight excluding hydrogens is 492 g/mol. The molecule has 3 nitrogen and oxygen atoms in total. The lowest BCUT2D eigenvalue weighted by atomic mass is 9.80. The summed E-state index contributed by atoms with van der Waals surface area (Å²) in [4.78, 5) is 11.0. The lowest BCUT2D eigenvalue weighted by molar-refractivity contribution is -0.141. The molecule has 1 aliphatic carbocycles. The average molecular weight is 510 g/mol. The second-order valence-electron chi connectivity index (χ2n) is 8.64. The minimum absolute atomic E-state index is 0.0469. The fourth-order valence-electron chi connectivity index (χ4n) is 4.89. The third-order valence-electron chi connectivity index (χ3n) is 6.56. The molecule has 0 saturated heterocycles. The van der Waals surface area contributed by atoms with Crippen molar-refractivity contribution < 1.29 is 26.3 Å². The monoisotopic (exact) mass is 509 g/mol. The van der Waals surface area contributed by atoms with Crippen LogP contribution in [0.5, 0.6) is 0 Å². The Bertz CT molecular complexity index is 1410. The minimum atomic E-state index is -4.61. The highest BCUT2D eigenvalue weighted by Crippen LogP contribution is 2.43. The van der Waals surface area contributed by atoms with Crippen molar-refractivity contribution in [3.8, 4) is 0 Å². The summed E-state index contributed by atoms with van der Waals surface area (Å²) in [6.07, 6.45) is -2.14. The van der Waals surface area contributed by atoms with Crippen LogP contribution in [-0.4, -0.2) is 15.0 Å². The van der Waals surface area contributed by atoms with E-state index in [2.05, 4.69) is 15.0 Å². The maximum absolute atomic E-state index is 14.9. The molecule has 2 heterocycles. The van der Waals surface area contributed by atoms with E-state index in [1.165, 1.54) is 24.3 Å². The van der Waals surface area contributed by atoms with Gasteiger partial charge in [-0.15, -0.1) is 0 Å². The second kappa shape index (κ2) is 8.86. The zero-order valence-corrected chi connectivity index (χ0v) is 18.8. The van der Waals surface area contributed by atoms with Gasteiger partial charge in [-0.25, -0.2) is 23.1 Å². The molecule has 0 bridgehead atoms. The van der Waals surface area contributed by atoms with E-state index >= 15 is 0 Å². The van der Waals surface area contributed by atoms with Crippen LogP contribution in [-0.2, 0) is 12.6 Å². The number of H-pyrrole nitrogens is 1. The molecule has 0 saturated carbocycles. The van der Waals surface area contributed by atoms with Crippen molar-refractivity contribution in [2.45, 2.75) is 43.7 Å². The van der Waals surface area contributed by atoms with Crippen LogP contribution >= 0.6 is 11.6 Å². The third kappa shape index (κ3) is 4.37. The number of nitrogens with one attached hydrogen (secondary N) is 1. The first kappa shape index (κ1) is 23.7. The molecule has 2 aromatic heterocycles. The Labute approximate surface area is 201 Å². The molecule has 4 aromatic rings. The minimum Gasteiger partial charge on any atom is -0.358 e. The van der Waals surface area contributed by atoms with Crippen LogP contribution in [0.25, 0.3) is 10.9 Å². The number of halogens is 7. The normalized spacial score (nSPS) is 18.8. The first-order chi connectivity index (χ1) is 16.6. The zero-order valence-electron chi connectivity index (χ0n) is 18.1. The Balaban J connectivity index is 1.64. The Morgan fingerprint density at radius 1 is 0.971 bits per heavy atom. The Hall–Kier alpha value is -3.07.